The van der Waals surface area contributed by atoms with Crippen molar-refractivity contribution in [2.45, 2.75) is 6.17 Å². The van der Waals surface area contributed by atoms with E-state index in [1.54, 1.807) is 48.7 Å². The van der Waals surface area contributed by atoms with Gasteiger partial charge in [0.1, 0.15) is 11.9 Å². The number of carbonyl (C=O) groups excluding carboxylic acids is 3. The first kappa shape index (κ1) is 16.5. The molecule has 2 aliphatic rings. The van der Waals surface area contributed by atoms with Gasteiger partial charge in [-0.25, -0.2) is 9.59 Å². The lowest BCUT2D eigenvalue weighted by molar-refractivity contribution is -0.143. The Labute approximate surface area is 144 Å². The topological polar surface area (TPSA) is 76.2 Å². The van der Waals surface area contributed by atoms with Gasteiger partial charge in [-0.1, -0.05) is 24.3 Å². The van der Waals surface area contributed by atoms with Gasteiger partial charge < -0.3 is 14.4 Å². The maximum Gasteiger partial charge on any atom is 0.355 e. The van der Waals surface area contributed by atoms with Crippen LogP contribution in [-0.4, -0.2) is 43.1 Å². The summed E-state index contributed by atoms with van der Waals surface area (Å²) in [6.45, 7) is 0. The summed E-state index contributed by atoms with van der Waals surface area (Å²) in [7, 11) is 2.35. The summed E-state index contributed by atoms with van der Waals surface area (Å²) < 4.78 is 9.51. The Morgan fingerprint density at radius 2 is 1.68 bits per heavy atom. The number of esters is 2. The predicted molar refractivity (Wildman–Crippen MR) is 88.9 cm³/mol. The molecule has 1 unspecified atom stereocenters. The second-order valence-electron chi connectivity index (χ2n) is 5.26. The molecule has 7 nitrogen and oxygen atoms in total. The van der Waals surface area contributed by atoms with Crippen molar-refractivity contribution in [2.75, 3.05) is 19.1 Å². The molecule has 0 bridgehead atoms. The van der Waals surface area contributed by atoms with Gasteiger partial charge in [-0.05, 0) is 24.3 Å². The molecule has 1 aromatic carbocycles. The molecule has 25 heavy (non-hydrogen) atoms. The first-order valence-electron chi connectivity index (χ1n) is 7.53. The summed E-state index contributed by atoms with van der Waals surface area (Å²) in [5.74, 6) is -2.31. The van der Waals surface area contributed by atoms with Gasteiger partial charge in [0, 0.05) is 11.9 Å². The van der Waals surface area contributed by atoms with E-state index in [9.17, 15) is 14.4 Å². The molecule has 0 aromatic heterocycles. The molecule has 0 N–H and O–H groups in total. The highest BCUT2D eigenvalue weighted by atomic mass is 16.5. The van der Waals surface area contributed by atoms with E-state index in [2.05, 4.69) is 0 Å². The van der Waals surface area contributed by atoms with E-state index in [0.717, 1.165) is 7.11 Å². The van der Waals surface area contributed by atoms with Gasteiger partial charge in [-0.15, -0.1) is 0 Å². The maximum atomic E-state index is 13.1. The van der Waals surface area contributed by atoms with Gasteiger partial charge in [-0.2, -0.15) is 0 Å². The van der Waals surface area contributed by atoms with Crippen molar-refractivity contribution >= 4 is 23.5 Å². The minimum Gasteiger partial charge on any atom is -0.465 e. The number of hydrogen-bond acceptors (Lipinski definition) is 6. The van der Waals surface area contributed by atoms with Gasteiger partial charge in [0.2, 0.25) is 0 Å². The Hall–Kier alpha value is -3.35. The summed E-state index contributed by atoms with van der Waals surface area (Å²) in [5.41, 5.74) is 0.0827. The van der Waals surface area contributed by atoms with Crippen molar-refractivity contribution in [2.24, 2.45) is 0 Å². The lowest BCUT2D eigenvalue weighted by atomic mass is 10.0. The minimum absolute atomic E-state index is 0.142. The van der Waals surface area contributed by atoms with E-state index in [1.165, 1.54) is 16.9 Å². The number of carbonyl (C=O) groups is 3. The fourth-order valence-corrected chi connectivity index (χ4v) is 2.82. The quantitative estimate of drug-likeness (QED) is 0.611. The van der Waals surface area contributed by atoms with E-state index in [1.807, 2.05) is 6.07 Å². The molecule has 7 heteroatoms. The number of hydrogen-bond donors (Lipinski definition) is 0. The highest BCUT2D eigenvalue weighted by molar-refractivity contribution is 6.26. The number of rotatable bonds is 3. The molecule has 1 atom stereocenters. The maximum absolute atomic E-state index is 13.1. The van der Waals surface area contributed by atoms with Crippen molar-refractivity contribution in [3.8, 4) is 0 Å². The van der Waals surface area contributed by atoms with E-state index < -0.39 is 24.0 Å². The normalized spacial score (nSPS) is 19.0. The van der Waals surface area contributed by atoms with Gasteiger partial charge in [0.05, 0.1) is 14.2 Å². The minimum atomic E-state index is -0.896. The average Bonchev–Trinajstić information content (AvgIpc) is 2.66. The van der Waals surface area contributed by atoms with Gasteiger partial charge >= 0.3 is 11.9 Å². The van der Waals surface area contributed by atoms with Crippen LogP contribution >= 0.6 is 0 Å². The van der Waals surface area contributed by atoms with Crippen LogP contribution in [0.1, 0.15) is 0 Å². The standard InChI is InChI=1S/C18H16N2O5/c1-24-17(22)14-15(18(23)25-2)19-11-7-6-10-13(19)20(16(14)21)12-8-4-3-5-9-12/h3-11,13H,1-2H3. The lowest BCUT2D eigenvalue weighted by Gasteiger charge is -2.43. The number of ether oxygens (including phenoxy) is 2. The van der Waals surface area contributed by atoms with Gasteiger partial charge in [0.25, 0.3) is 5.91 Å². The zero-order valence-corrected chi connectivity index (χ0v) is 13.7. The SMILES string of the molecule is COC(=O)C1=C(C(=O)OC)N2C=CC=CC2N(c2ccccc2)C1=O. The van der Waals surface area contributed by atoms with Crippen molar-refractivity contribution in [3.05, 3.63) is 66.0 Å². The van der Waals surface area contributed by atoms with E-state index in [-0.39, 0.29) is 11.3 Å². The summed E-state index contributed by atoms with van der Waals surface area (Å²) >= 11 is 0. The Morgan fingerprint density at radius 3 is 2.32 bits per heavy atom. The second kappa shape index (κ2) is 6.64. The van der Waals surface area contributed by atoms with Crippen LogP contribution in [0.4, 0.5) is 5.69 Å². The van der Waals surface area contributed by atoms with Crippen LogP contribution in [0.5, 0.6) is 0 Å². The van der Waals surface area contributed by atoms with Gasteiger partial charge in [-0.3, -0.25) is 9.69 Å². The van der Waals surface area contributed by atoms with E-state index >= 15 is 0 Å². The van der Waals surface area contributed by atoms with Gasteiger partial charge in [0.15, 0.2) is 5.57 Å². The molecule has 0 saturated heterocycles. The van der Waals surface area contributed by atoms with Crippen LogP contribution in [0.3, 0.4) is 0 Å². The summed E-state index contributed by atoms with van der Waals surface area (Å²) in [5, 5.41) is 0. The third-order valence-electron chi connectivity index (χ3n) is 3.92. The zero-order valence-electron chi connectivity index (χ0n) is 13.7. The summed E-state index contributed by atoms with van der Waals surface area (Å²) in [6.07, 6.45) is 6.24. The number of allylic oxidation sites excluding steroid dienone is 2. The Kier molecular flexibility index (Phi) is 4.38. The molecular weight excluding hydrogens is 324 g/mol. The van der Waals surface area contributed by atoms with Crippen molar-refractivity contribution in [1.82, 2.24) is 4.90 Å². The van der Waals surface area contributed by atoms with E-state index in [0.29, 0.717) is 5.69 Å². The summed E-state index contributed by atoms with van der Waals surface area (Å²) in [4.78, 5) is 40.6. The van der Waals surface area contributed by atoms with Crippen LogP contribution in [0.25, 0.3) is 0 Å². The largest absolute Gasteiger partial charge is 0.465 e. The molecule has 2 heterocycles. The fraction of sp³-hybridized carbons (Fsp3) is 0.167. The van der Waals surface area contributed by atoms with Crippen LogP contribution in [0.2, 0.25) is 0 Å². The summed E-state index contributed by atoms with van der Waals surface area (Å²) in [6, 6.07) is 8.89. The third-order valence-corrected chi connectivity index (χ3v) is 3.92. The Morgan fingerprint density at radius 1 is 1.00 bits per heavy atom. The zero-order chi connectivity index (χ0) is 18.0. The Balaban J connectivity index is 2.23. The molecule has 0 fully saturated rings. The number of anilines is 1. The van der Waals surface area contributed by atoms with E-state index in [4.69, 9.17) is 9.47 Å². The molecule has 0 radical (unpaired) electrons. The second-order valence-corrected chi connectivity index (χ2v) is 5.26. The number of amides is 1. The predicted octanol–water partition coefficient (Wildman–Crippen LogP) is 1.34. The number of fused-ring (bicyclic) bond motifs is 1. The fourth-order valence-electron chi connectivity index (χ4n) is 2.82. The molecule has 128 valence electrons. The molecule has 0 aliphatic carbocycles. The number of benzene rings is 1. The highest BCUT2D eigenvalue weighted by Crippen LogP contribution is 2.33. The van der Waals surface area contributed by atoms with Crippen LogP contribution in [0, 0.1) is 0 Å². The smallest absolute Gasteiger partial charge is 0.355 e. The highest BCUT2D eigenvalue weighted by Gasteiger charge is 2.45. The third kappa shape index (κ3) is 2.69. The number of methoxy groups -OCH3 is 2. The van der Waals surface area contributed by atoms with Crippen LogP contribution in [-0.2, 0) is 23.9 Å². The molecule has 0 spiro atoms. The van der Waals surface area contributed by atoms with Crippen molar-refractivity contribution in [1.29, 1.82) is 0 Å². The van der Waals surface area contributed by atoms with Crippen molar-refractivity contribution < 1.29 is 23.9 Å². The Bertz CT molecular complexity index is 810. The van der Waals surface area contributed by atoms with Crippen LogP contribution < -0.4 is 4.90 Å². The monoisotopic (exact) mass is 340 g/mol. The molecule has 1 amide bonds. The first-order valence-corrected chi connectivity index (χ1v) is 7.53. The molecule has 3 rings (SSSR count). The number of para-hydroxylation sites is 1. The average molecular weight is 340 g/mol. The number of nitrogens with zero attached hydrogens (tertiary/aromatic N) is 2. The van der Waals surface area contributed by atoms with Crippen LogP contribution in [0.15, 0.2) is 66.0 Å². The lowest BCUT2D eigenvalue weighted by Crippen LogP contribution is -2.56. The molecule has 1 aromatic rings. The first-order chi connectivity index (χ1) is 12.1. The molecule has 0 saturated carbocycles. The molecule has 2 aliphatic heterocycles. The molecular formula is C18H16N2O5. The van der Waals surface area contributed by atoms with Crippen molar-refractivity contribution in [3.63, 3.8) is 0 Å².